The second kappa shape index (κ2) is 5.60. The Bertz CT molecular complexity index is 610. The maximum absolute atomic E-state index is 12.4. The fraction of sp³-hybridized carbons (Fsp3) is 0.278. The van der Waals surface area contributed by atoms with Crippen molar-refractivity contribution in [1.29, 1.82) is 0 Å². The summed E-state index contributed by atoms with van der Waals surface area (Å²) in [6, 6.07) is 19.8. The highest BCUT2D eigenvalue weighted by atomic mass is 16.5. The number of carbonyl (C=O) groups is 1. The number of nitrogens with zero attached hydrogens (tertiary/aromatic N) is 1. The smallest absolute Gasteiger partial charge is 0.267 e. The van der Waals surface area contributed by atoms with Gasteiger partial charge in [-0.1, -0.05) is 48.5 Å². The van der Waals surface area contributed by atoms with E-state index in [0.717, 1.165) is 11.3 Å². The monoisotopic (exact) mass is 281 g/mol. The topological polar surface area (TPSA) is 29.5 Å². The molecule has 3 heteroatoms. The second-order valence-corrected chi connectivity index (χ2v) is 5.55. The number of para-hydroxylation sites is 1. The van der Waals surface area contributed by atoms with Gasteiger partial charge in [-0.15, -0.1) is 0 Å². The number of hydrogen-bond donors (Lipinski definition) is 0. The molecule has 0 N–H and O–H groups in total. The van der Waals surface area contributed by atoms with Crippen LogP contribution in [-0.4, -0.2) is 23.0 Å². The van der Waals surface area contributed by atoms with Crippen LogP contribution in [0.25, 0.3) is 0 Å². The number of β-lactam (4-membered cyclic amide) rings is 1. The minimum absolute atomic E-state index is 0.0149. The molecule has 1 amide bonds. The molecule has 21 heavy (non-hydrogen) atoms. The molecule has 1 saturated heterocycles. The van der Waals surface area contributed by atoms with Crippen LogP contribution in [0.1, 0.15) is 25.5 Å². The quantitative estimate of drug-likeness (QED) is 0.804. The van der Waals surface area contributed by atoms with E-state index in [2.05, 4.69) is 0 Å². The molecule has 1 aliphatic heterocycles. The zero-order valence-corrected chi connectivity index (χ0v) is 12.3. The number of carbonyl (C=O) groups excluding carboxylic acids is 1. The molecule has 3 nitrogen and oxygen atoms in total. The number of likely N-dealkylation sites (tertiary alicyclic amines) is 1. The first-order chi connectivity index (χ1) is 10.2. The first kappa shape index (κ1) is 13.7. The van der Waals surface area contributed by atoms with E-state index in [4.69, 9.17) is 4.74 Å². The van der Waals surface area contributed by atoms with Crippen LogP contribution in [0, 0.1) is 0 Å². The lowest BCUT2D eigenvalue weighted by atomic mass is 9.89. The highest BCUT2D eigenvalue weighted by molar-refractivity contribution is 5.89. The Hall–Kier alpha value is -2.29. The van der Waals surface area contributed by atoms with E-state index >= 15 is 0 Å². The van der Waals surface area contributed by atoms with E-state index in [1.54, 1.807) is 0 Å². The maximum atomic E-state index is 12.4. The largest absolute Gasteiger partial charge is 0.478 e. The zero-order chi connectivity index (χ0) is 14.8. The van der Waals surface area contributed by atoms with E-state index in [1.807, 2.05) is 79.4 Å². The Morgan fingerprint density at radius 3 is 2.10 bits per heavy atom. The lowest BCUT2D eigenvalue weighted by Gasteiger charge is -2.49. The molecule has 0 saturated carbocycles. The maximum Gasteiger partial charge on any atom is 0.267 e. The minimum Gasteiger partial charge on any atom is -0.478 e. The Labute approximate surface area is 125 Å². The molecule has 3 rings (SSSR count). The van der Waals surface area contributed by atoms with Crippen LogP contribution < -0.4 is 4.74 Å². The van der Waals surface area contributed by atoms with Crippen LogP contribution in [-0.2, 0) is 4.79 Å². The Balaban J connectivity index is 1.87. The lowest BCUT2D eigenvalue weighted by molar-refractivity contribution is -0.167. The minimum atomic E-state index is -0.433. The van der Waals surface area contributed by atoms with Crippen molar-refractivity contribution in [2.24, 2.45) is 0 Å². The van der Waals surface area contributed by atoms with Gasteiger partial charge in [-0.25, -0.2) is 0 Å². The molecule has 0 radical (unpaired) electrons. The van der Waals surface area contributed by atoms with Crippen LogP contribution in [0.15, 0.2) is 60.7 Å². The third-order valence-corrected chi connectivity index (χ3v) is 3.79. The van der Waals surface area contributed by atoms with Crippen LogP contribution in [0.5, 0.6) is 5.75 Å². The van der Waals surface area contributed by atoms with Gasteiger partial charge < -0.3 is 9.64 Å². The standard InChI is InChI=1S/C18H19NO2/c1-13(2)19-16(14-9-5-3-6-10-14)17(18(19)20)21-15-11-7-4-8-12-15/h3-13,16-17H,1-2H3/t16-,17-/m1/s1. The van der Waals surface area contributed by atoms with Crippen molar-refractivity contribution < 1.29 is 9.53 Å². The highest BCUT2D eigenvalue weighted by Crippen LogP contribution is 2.38. The van der Waals surface area contributed by atoms with Gasteiger partial charge in [-0.05, 0) is 31.5 Å². The SMILES string of the molecule is CC(C)N1C(=O)[C@H](Oc2ccccc2)[C@H]1c1ccccc1. The van der Waals surface area contributed by atoms with Crippen molar-refractivity contribution >= 4 is 5.91 Å². The predicted molar refractivity (Wildman–Crippen MR) is 82.0 cm³/mol. The highest BCUT2D eigenvalue weighted by Gasteiger charge is 2.51. The van der Waals surface area contributed by atoms with Gasteiger partial charge >= 0.3 is 0 Å². The number of benzene rings is 2. The van der Waals surface area contributed by atoms with E-state index in [-0.39, 0.29) is 18.0 Å². The summed E-state index contributed by atoms with van der Waals surface area (Å²) < 4.78 is 5.92. The van der Waals surface area contributed by atoms with Crippen LogP contribution >= 0.6 is 0 Å². The number of amides is 1. The van der Waals surface area contributed by atoms with E-state index in [9.17, 15) is 4.79 Å². The van der Waals surface area contributed by atoms with Crippen molar-refractivity contribution in [2.75, 3.05) is 0 Å². The molecular weight excluding hydrogens is 262 g/mol. The lowest BCUT2D eigenvalue weighted by Crippen LogP contribution is -2.63. The van der Waals surface area contributed by atoms with Crippen LogP contribution in [0.2, 0.25) is 0 Å². The Morgan fingerprint density at radius 2 is 1.52 bits per heavy atom. The first-order valence-electron chi connectivity index (χ1n) is 7.27. The molecule has 0 aliphatic carbocycles. The normalized spacial score (nSPS) is 21.3. The second-order valence-electron chi connectivity index (χ2n) is 5.55. The van der Waals surface area contributed by atoms with Crippen LogP contribution in [0.3, 0.4) is 0 Å². The van der Waals surface area contributed by atoms with Gasteiger partial charge in [0.2, 0.25) is 6.10 Å². The average molecular weight is 281 g/mol. The molecule has 108 valence electrons. The summed E-state index contributed by atoms with van der Waals surface area (Å²) in [5.41, 5.74) is 1.12. The van der Waals surface area contributed by atoms with Crippen molar-refractivity contribution in [3.05, 3.63) is 66.2 Å². The summed E-state index contributed by atoms with van der Waals surface area (Å²) in [4.78, 5) is 14.3. The molecule has 2 aromatic carbocycles. The van der Waals surface area contributed by atoms with Crippen LogP contribution in [0.4, 0.5) is 0 Å². The van der Waals surface area contributed by atoms with Gasteiger partial charge in [-0.2, -0.15) is 0 Å². The van der Waals surface area contributed by atoms with Gasteiger partial charge in [0.1, 0.15) is 11.8 Å². The average Bonchev–Trinajstić information content (AvgIpc) is 2.51. The summed E-state index contributed by atoms with van der Waals surface area (Å²) in [7, 11) is 0. The van der Waals surface area contributed by atoms with Crippen molar-refractivity contribution in [2.45, 2.75) is 32.0 Å². The summed E-state index contributed by atoms with van der Waals surface area (Å²) in [5, 5.41) is 0. The van der Waals surface area contributed by atoms with Gasteiger partial charge in [-0.3, -0.25) is 4.79 Å². The molecule has 1 heterocycles. The van der Waals surface area contributed by atoms with Gasteiger partial charge in [0.25, 0.3) is 5.91 Å². The van der Waals surface area contributed by atoms with Gasteiger partial charge in [0.05, 0.1) is 0 Å². The molecule has 0 aromatic heterocycles. The van der Waals surface area contributed by atoms with E-state index in [1.165, 1.54) is 0 Å². The third-order valence-electron chi connectivity index (χ3n) is 3.79. The van der Waals surface area contributed by atoms with E-state index < -0.39 is 6.10 Å². The Kier molecular flexibility index (Phi) is 3.65. The Morgan fingerprint density at radius 1 is 0.952 bits per heavy atom. The van der Waals surface area contributed by atoms with E-state index in [0.29, 0.717) is 0 Å². The van der Waals surface area contributed by atoms with Crippen molar-refractivity contribution in [1.82, 2.24) is 4.90 Å². The van der Waals surface area contributed by atoms with Crippen molar-refractivity contribution in [3.63, 3.8) is 0 Å². The number of hydrogen-bond acceptors (Lipinski definition) is 2. The predicted octanol–water partition coefficient (Wildman–Crippen LogP) is 3.43. The fourth-order valence-corrected chi connectivity index (χ4v) is 2.80. The third kappa shape index (κ3) is 2.51. The molecule has 1 fully saturated rings. The first-order valence-corrected chi connectivity index (χ1v) is 7.27. The molecular formula is C18H19NO2. The van der Waals surface area contributed by atoms with Gasteiger partial charge in [0, 0.05) is 6.04 Å². The van der Waals surface area contributed by atoms with Gasteiger partial charge in [0.15, 0.2) is 0 Å². The zero-order valence-electron chi connectivity index (χ0n) is 12.3. The molecule has 2 aromatic rings. The molecule has 0 unspecified atom stereocenters. The summed E-state index contributed by atoms with van der Waals surface area (Å²) in [6.07, 6.45) is -0.433. The summed E-state index contributed by atoms with van der Waals surface area (Å²) >= 11 is 0. The molecule has 1 aliphatic rings. The molecule has 0 spiro atoms. The summed E-state index contributed by atoms with van der Waals surface area (Å²) in [5.74, 6) is 0.794. The number of rotatable bonds is 4. The molecule has 0 bridgehead atoms. The number of ether oxygens (including phenoxy) is 1. The molecule has 2 atom stereocenters. The van der Waals surface area contributed by atoms with Crippen molar-refractivity contribution in [3.8, 4) is 5.75 Å². The summed E-state index contributed by atoms with van der Waals surface area (Å²) in [6.45, 7) is 4.07. The fourth-order valence-electron chi connectivity index (χ4n) is 2.80.